The van der Waals surface area contributed by atoms with Crippen LogP contribution in [0.15, 0.2) is 0 Å². The van der Waals surface area contributed by atoms with E-state index in [4.69, 9.17) is 5.11 Å². The molecule has 4 nitrogen and oxygen atoms in total. The van der Waals surface area contributed by atoms with Crippen molar-refractivity contribution in [3.8, 4) is 0 Å². The molecular formula is C12H19F3N2O2. The lowest BCUT2D eigenvalue weighted by atomic mass is 10.3. The van der Waals surface area contributed by atoms with Gasteiger partial charge in [0.2, 0.25) is 5.91 Å². The third-order valence-electron chi connectivity index (χ3n) is 3.64. The summed E-state index contributed by atoms with van der Waals surface area (Å²) in [6.45, 7) is 1.54. The second-order valence-corrected chi connectivity index (χ2v) is 5.31. The average Bonchev–Trinajstić information content (AvgIpc) is 3.14. The van der Waals surface area contributed by atoms with E-state index < -0.39 is 18.8 Å². The standard InChI is InChI=1S/C12H19F3N2O2/c13-12(14,15)10(18)8-16-4-1-5-17(7-6-16)11(19)9-2-3-9/h9-10,18H,1-8H2. The van der Waals surface area contributed by atoms with E-state index in [0.717, 1.165) is 12.8 Å². The van der Waals surface area contributed by atoms with Crippen LogP contribution in [0.3, 0.4) is 0 Å². The quantitative estimate of drug-likeness (QED) is 0.833. The van der Waals surface area contributed by atoms with Crippen molar-refractivity contribution >= 4 is 5.91 Å². The van der Waals surface area contributed by atoms with Crippen molar-refractivity contribution in [2.24, 2.45) is 5.92 Å². The number of nitrogens with zero attached hydrogens (tertiary/aromatic N) is 2. The van der Waals surface area contributed by atoms with Crippen LogP contribution >= 0.6 is 0 Å². The largest absolute Gasteiger partial charge is 0.415 e. The Labute approximate surface area is 110 Å². The number of halogens is 3. The summed E-state index contributed by atoms with van der Waals surface area (Å²) in [6.07, 6.45) is -4.35. The number of amides is 1. The maximum atomic E-state index is 12.3. The Bertz CT molecular complexity index is 331. The highest BCUT2D eigenvalue weighted by molar-refractivity contribution is 5.81. The molecule has 1 aliphatic heterocycles. The maximum Gasteiger partial charge on any atom is 0.415 e. The third-order valence-corrected chi connectivity index (χ3v) is 3.64. The molecule has 0 bridgehead atoms. The van der Waals surface area contributed by atoms with Crippen LogP contribution in [0.1, 0.15) is 19.3 Å². The number of aliphatic hydroxyl groups excluding tert-OH is 1. The monoisotopic (exact) mass is 280 g/mol. The topological polar surface area (TPSA) is 43.8 Å². The molecule has 1 N–H and O–H groups in total. The first-order valence-electron chi connectivity index (χ1n) is 6.64. The highest BCUT2D eigenvalue weighted by Crippen LogP contribution is 2.31. The summed E-state index contributed by atoms with van der Waals surface area (Å²) in [5, 5.41) is 9.06. The number of hydrogen-bond donors (Lipinski definition) is 1. The Morgan fingerprint density at radius 2 is 1.89 bits per heavy atom. The lowest BCUT2D eigenvalue weighted by Gasteiger charge is -2.25. The zero-order valence-electron chi connectivity index (χ0n) is 10.7. The van der Waals surface area contributed by atoms with E-state index in [2.05, 4.69) is 0 Å². The van der Waals surface area contributed by atoms with Gasteiger partial charge in [-0.3, -0.25) is 9.69 Å². The van der Waals surface area contributed by atoms with Crippen LogP contribution in [0, 0.1) is 5.92 Å². The van der Waals surface area contributed by atoms with Crippen LogP contribution < -0.4 is 0 Å². The van der Waals surface area contributed by atoms with Gasteiger partial charge >= 0.3 is 6.18 Å². The fraction of sp³-hybridized carbons (Fsp3) is 0.917. The number of alkyl halides is 3. The maximum absolute atomic E-state index is 12.3. The summed E-state index contributed by atoms with van der Waals surface area (Å²) in [7, 11) is 0. The van der Waals surface area contributed by atoms with Gasteiger partial charge in [-0.15, -0.1) is 0 Å². The Morgan fingerprint density at radius 3 is 2.47 bits per heavy atom. The number of carbonyl (C=O) groups is 1. The molecule has 7 heteroatoms. The van der Waals surface area contributed by atoms with Crippen molar-refractivity contribution < 1.29 is 23.1 Å². The minimum atomic E-state index is -4.57. The van der Waals surface area contributed by atoms with Crippen molar-refractivity contribution in [3.05, 3.63) is 0 Å². The van der Waals surface area contributed by atoms with Gasteiger partial charge < -0.3 is 10.0 Å². The van der Waals surface area contributed by atoms with Gasteiger partial charge in [-0.25, -0.2) is 0 Å². The van der Waals surface area contributed by atoms with Gasteiger partial charge in [0, 0.05) is 38.6 Å². The van der Waals surface area contributed by atoms with Gasteiger partial charge in [-0.1, -0.05) is 0 Å². The first kappa shape index (κ1) is 14.6. The van der Waals surface area contributed by atoms with Crippen LogP contribution in [0.25, 0.3) is 0 Å². The molecule has 1 aliphatic carbocycles. The molecule has 0 aromatic carbocycles. The molecular weight excluding hydrogens is 261 g/mol. The highest BCUT2D eigenvalue weighted by atomic mass is 19.4. The Morgan fingerprint density at radius 1 is 1.21 bits per heavy atom. The fourth-order valence-electron chi connectivity index (χ4n) is 2.31. The van der Waals surface area contributed by atoms with Crippen molar-refractivity contribution in [1.29, 1.82) is 0 Å². The van der Waals surface area contributed by atoms with Crippen molar-refractivity contribution in [1.82, 2.24) is 9.80 Å². The molecule has 1 heterocycles. The first-order valence-corrected chi connectivity index (χ1v) is 6.64. The summed E-state index contributed by atoms with van der Waals surface area (Å²) < 4.78 is 36.9. The van der Waals surface area contributed by atoms with Crippen molar-refractivity contribution in [2.75, 3.05) is 32.7 Å². The normalized spacial score (nSPS) is 24.1. The van der Waals surface area contributed by atoms with Gasteiger partial charge in [0.25, 0.3) is 0 Å². The van der Waals surface area contributed by atoms with E-state index in [9.17, 15) is 18.0 Å². The highest BCUT2D eigenvalue weighted by Gasteiger charge is 2.39. The predicted octanol–water partition coefficient (Wildman–Crippen LogP) is 0.854. The zero-order valence-corrected chi connectivity index (χ0v) is 10.7. The summed E-state index contributed by atoms with van der Waals surface area (Å²) in [5.41, 5.74) is 0. The van der Waals surface area contributed by atoms with Crippen LogP contribution in [-0.2, 0) is 4.79 Å². The Hall–Kier alpha value is -0.820. The molecule has 0 aromatic heterocycles. The number of β-amino-alcohol motifs (C(OH)–C–C–N with tert-alkyl or cyclic N) is 1. The Kier molecular flexibility index (Phi) is 4.35. The van der Waals surface area contributed by atoms with E-state index >= 15 is 0 Å². The molecule has 2 rings (SSSR count). The van der Waals surface area contributed by atoms with Gasteiger partial charge in [0.05, 0.1) is 0 Å². The lowest BCUT2D eigenvalue weighted by molar-refractivity contribution is -0.208. The molecule has 2 fully saturated rings. The molecule has 0 spiro atoms. The molecule has 1 atom stereocenters. The van der Waals surface area contributed by atoms with Crippen LogP contribution in [0.4, 0.5) is 13.2 Å². The Balaban J connectivity index is 1.81. The van der Waals surface area contributed by atoms with Gasteiger partial charge in [0.15, 0.2) is 6.10 Å². The molecule has 19 heavy (non-hydrogen) atoms. The van der Waals surface area contributed by atoms with Crippen LogP contribution in [0.5, 0.6) is 0 Å². The minimum absolute atomic E-state index is 0.137. The molecule has 0 radical (unpaired) electrons. The molecule has 1 unspecified atom stereocenters. The smallest absolute Gasteiger partial charge is 0.382 e. The van der Waals surface area contributed by atoms with Crippen LogP contribution in [0.2, 0.25) is 0 Å². The minimum Gasteiger partial charge on any atom is -0.382 e. The summed E-state index contributed by atoms with van der Waals surface area (Å²) in [6, 6.07) is 0. The average molecular weight is 280 g/mol. The van der Waals surface area contributed by atoms with Crippen LogP contribution in [-0.4, -0.2) is 65.8 Å². The summed E-state index contributed by atoms with van der Waals surface area (Å²) in [4.78, 5) is 15.2. The van der Waals surface area contributed by atoms with Crippen molar-refractivity contribution in [3.63, 3.8) is 0 Å². The number of aliphatic hydroxyl groups is 1. The van der Waals surface area contributed by atoms with E-state index in [1.165, 1.54) is 0 Å². The SMILES string of the molecule is O=C(C1CC1)N1CCCN(CC(O)C(F)(F)F)CC1. The second kappa shape index (κ2) is 5.66. The predicted molar refractivity (Wildman–Crippen MR) is 62.4 cm³/mol. The van der Waals surface area contributed by atoms with E-state index in [1.54, 1.807) is 9.80 Å². The molecule has 2 aliphatic rings. The van der Waals surface area contributed by atoms with Gasteiger partial charge in [-0.2, -0.15) is 13.2 Å². The lowest BCUT2D eigenvalue weighted by Crippen LogP contribution is -2.43. The van der Waals surface area contributed by atoms with Gasteiger partial charge in [-0.05, 0) is 19.3 Å². The first-order chi connectivity index (χ1) is 8.88. The molecule has 110 valence electrons. The van der Waals surface area contributed by atoms with E-state index in [-0.39, 0.29) is 11.8 Å². The van der Waals surface area contributed by atoms with E-state index in [1.807, 2.05) is 0 Å². The zero-order chi connectivity index (χ0) is 14.0. The second-order valence-electron chi connectivity index (χ2n) is 5.31. The van der Waals surface area contributed by atoms with Gasteiger partial charge in [0.1, 0.15) is 0 Å². The summed E-state index contributed by atoms with van der Waals surface area (Å²) >= 11 is 0. The third kappa shape index (κ3) is 4.07. The van der Waals surface area contributed by atoms with E-state index in [0.29, 0.717) is 32.6 Å². The summed E-state index contributed by atoms with van der Waals surface area (Å²) in [5.74, 6) is 0.283. The fourth-order valence-corrected chi connectivity index (χ4v) is 2.31. The number of rotatable bonds is 3. The number of carbonyl (C=O) groups excluding carboxylic acids is 1. The molecule has 1 saturated carbocycles. The number of hydrogen-bond acceptors (Lipinski definition) is 3. The molecule has 1 amide bonds. The van der Waals surface area contributed by atoms with Crippen molar-refractivity contribution in [2.45, 2.75) is 31.5 Å². The molecule has 1 saturated heterocycles. The molecule has 0 aromatic rings.